The highest BCUT2D eigenvalue weighted by Gasteiger charge is 2.11. The molecule has 2 aromatic rings. The van der Waals surface area contributed by atoms with E-state index in [0.717, 1.165) is 0 Å². The van der Waals surface area contributed by atoms with E-state index in [-0.39, 0.29) is 10.7 Å². The van der Waals surface area contributed by atoms with Crippen molar-refractivity contribution in [2.45, 2.75) is 0 Å². The van der Waals surface area contributed by atoms with Crippen molar-refractivity contribution in [1.82, 2.24) is 4.98 Å². The van der Waals surface area contributed by atoms with Gasteiger partial charge in [0.25, 0.3) is 5.69 Å². The number of anilines is 1. The highest BCUT2D eigenvalue weighted by molar-refractivity contribution is 6.32. The number of nitrogens with zero attached hydrogens (tertiary/aromatic N) is 2. The largest absolute Gasteiger partial charge is 0.456 e. The van der Waals surface area contributed by atoms with Gasteiger partial charge in [0.15, 0.2) is 0 Å². The molecule has 1 aromatic carbocycles. The van der Waals surface area contributed by atoms with Crippen molar-refractivity contribution in [3.05, 3.63) is 51.7 Å². The van der Waals surface area contributed by atoms with Gasteiger partial charge in [0.1, 0.15) is 17.3 Å². The molecular formula is C11H9ClN4O3. The number of nitrogens with one attached hydrogen (secondary N) is 1. The molecule has 0 fully saturated rings. The van der Waals surface area contributed by atoms with Crippen molar-refractivity contribution in [2.24, 2.45) is 5.84 Å². The molecule has 0 saturated carbocycles. The van der Waals surface area contributed by atoms with E-state index in [4.69, 9.17) is 22.2 Å². The van der Waals surface area contributed by atoms with E-state index in [1.807, 2.05) is 0 Å². The molecule has 0 aliphatic heterocycles. The molecule has 1 aromatic heterocycles. The molecule has 3 N–H and O–H groups in total. The van der Waals surface area contributed by atoms with Gasteiger partial charge in [-0.3, -0.25) is 10.1 Å². The van der Waals surface area contributed by atoms with E-state index in [2.05, 4.69) is 10.4 Å². The highest BCUT2D eigenvalue weighted by atomic mass is 35.5. The molecule has 0 saturated heterocycles. The lowest BCUT2D eigenvalue weighted by Gasteiger charge is -2.08. The van der Waals surface area contributed by atoms with Crippen LogP contribution in [0.3, 0.4) is 0 Å². The molecule has 98 valence electrons. The van der Waals surface area contributed by atoms with Crippen molar-refractivity contribution in [3.8, 4) is 11.5 Å². The SMILES string of the molecule is NNc1cc(Oc2ccc([N+](=O)[O-])cc2Cl)ccn1. The Kier molecular flexibility index (Phi) is 3.79. The molecule has 0 spiro atoms. The van der Waals surface area contributed by atoms with Gasteiger partial charge >= 0.3 is 0 Å². The first-order valence-electron chi connectivity index (χ1n) is 5.14. The maximum Gasteiger partial charge on any atom is 0.271 e. The molecule has 19 heavy (non-hydrogen) atoms. The van der Waals surface area contributed by atoms with Gasteiger partial charge in [0, 0.05) is 24.4 Å². The normalized spacial score (nSPS) is 10.0. The van der Waals surface area contributed by atoms with Gasteiger partial charge in [-0.1, -0.05) is 11.6 Å². The van der Waals surface area contributed by atoms with Gasteiger partial charge in [-0.05, 0) is 12.1 Å². The molecular weight excluding hydrogens is 272 g/mol. The highest BCUT2D eigenvalue weighted by Crippen LogP contribution is 2.32. The summed E-state index contributed by atoms with van der Waals surface area (Å²) in [4.78, 5) is 14.0. The minimum absolute atomic E-state index is 0.101. The Bertz CT molecular complexity index is 621. The molecule has 0 unspecified atom stereocenters. The number of nitrogens with two attached hydrogens (primary N) is 1. The first-order valence-corrected chi connectivity index (χ1v) is 5.52. The summed E-state index contributed by atoms with van der Waals surface area (Å²) in [7, 11) is 0. The molecule has 1 heterocycles. The maximum absolute atomic E-state index is 10.6. The Labute approximate surface area is 113 Å². The standard InChI is InChI=1S/C11H9ClN4O3/c12-9-5-7(16(17)18)1-2-10(9)19-8-3-4-14-11(6-8)15-13/h1-6H,13H2,(H,14,15). The van der Waals surface area contributed by atoms with Crippen LogP contribution in [0.4, 0.5) is 11.5 Å². The predicted octanol–water partition coefficient (Wildman–Crippen LogP) is 2.72. The molecule has 7 nitrogen and oxygen atoms in total. The van der Waals surface area contributed by atoms with Gasteiger partial charge < -0.3 is 10.2 Å². The molecule has 2 rings (SSSR count). The number of benzene rings is 1. The summed E-state index contributed by atoms with van der Waals surface area (Å²) in [6.07, 6.45) is 1.50. The van der Waals surface area contributed by atoms with Crippen LogP contribution >= 0.6 is 11.6 Å². The van der Waals surface area contributed by atoms with Crippen LogP contribution in [-0.2, 0) is 0 Å². The summed E-state index contributed by atoms with van der Waals surface area (Å²) < 4.78 is 5.50. The van der Waals surface area contributed by atoms with Crippen LogP contribution in [-0.4, -0.2) is 9.91 Å². The van der Waals surface area contributed by atoms with Crippen molar-refractivity contribution in [1.29, 1.82) is 0 Å². The van der Waals surface area contributed by atoms with E-state index in [9.17, 15) is 10.1 Å². The van der Waals surface area contributed by atoms with E-state index >= 15 is 0 Å². The topological polar surface area (TPSA) is 103 Å². The average Bonchev–Trinajstić information content (AvgIpc) is 2.41. The van der Waals surface area contributed by atoms with Gasteiger partial charge in [0.05, 0.1) is 9.95 Å². The predicted molar refractivity (Wildman–Crippen MR) is 70.2 cm³/mol. The third-order valence-electron chi connectivity index (χ3n) is 2.23. The maximum atomic E-state index is 10.6. The Morgan fingerprint density at radius 3 is 2.79 bits per heavy atom. The Morgan fingerprint density at radius 2 is 2.16 bits per heavy atom. The zero-order chi connectivity index (χ0) is 13.8. The number of nitro benzene ring substituents is 1. The second-order valence-electron chi connectivity index (χ2n) is 3.50. The molecule has 0 radical (unpaired) electrons. The quantitative estimate of drug-likeness (QED) is 0.507. The number of aromatic nitrogens is 1. The van der Waals surface area contributed by atoms with Crippen LogP contribution < -0.4 is 16.0 Å². The summed E-state index contributed by atoms with van der Waals surface area (Å²) in [6.45, 7) is 0. The summed E-state index contributed by atoms with van der Waals surface area (Å²) >= 11 is 5.91. The van der Waals surface area contributed by atoms with Crippen molar-refractivity contribution in [3.63, 3.8) is 0 Å². The minimum atomic E-state index is -0.529. The zero-order valence-electron chi connectivity index (χ0n) is 9.54. The summed E-state index contributed by atoms with van der Waals surface area (Å²) in [5, 5.41) is 10.7. The zero-order valence-corrected chi connectivity index (χ0v) is 10.3. The molecule has 0 bridgehead atoms. The number of nitro groups is 1. The van der Waals surface area contributed by atoms with Crippen LogP contribution in [0.25, 0.3) is 0 Å². The van der Waals surface area contributed by atoms with Crippen molar-refractivity contribution in [2.75, 3.05) is 5.43 Å². The fourth-order valence-corrected chi connectivity index (χ4v) is 1.58. The number of pyridine rings is 1. The second-order valence-corrected chi connectivity index (χ2v) is 3.90. The number of non-ortho nitro benzene ring substituents is 1. The van der Waals surface area contributed by atoms with Crippen molar-refractivity contribution < 1.29 is 9.66 Å². The van der Waals surface area contributed by atoms with E-state index < -0.39 is 4.92 Å². The number of hydrogen-bond acceptors (Lipinski definition) is 6. The Balaban J connectivity index is 2.25. The summed E-state index contributed by atoms with van der Waals surface area (Å²) in [5.74, 6) is 6.42. The van der Waals surface area contributed by atoms with Gasteiger partial charge in [-0.25, -0.2) is 10.8 Å². The lowest BCUT2D eigenvalue weighted by molar-refractivity contribution is -0.384. The molecule has 0 atom stereocenters. The minimum Gasteiger partial charge on any atom is -0.456 e. The molecule has 0 aliphatic rings. The number of ether oxygens (including phenoxy) is 1. The van der Waals surface area contributed by atoms with E-state index in [0.29, 0.717) is 17.3 Å². The Morgan fingerprint density at radius 1 is 1.37 bits per heavy atom. The van der Waals surface area contributed by atoms with Crippen LogP contribution in [0.2, 0.25) is 5.02 Å². The van der Waals surface area contributed by atoms with E-state index in [1.54, 1.807) is 12.1 Å². The van der Waals surface area contributed by atoms with Crippen LogP contribution in [0.5, 0.6) is 11.5 Å². The van der Waals surface area contributed by atoms with Crippen molar-refractivity contribution >= 4 is 23.1 Å². The third-order valence-corrected chi connectivity index (χ3v) is 2.53. The molecule has 0 amide bonds. The monoisotopic (exact) mass is 280 g/mol. The number of hydrazine groups is 1. The van der Waals surface area contributed by atoms with Crippen LogP contribution in [0.15, 0.2) is 36.5 Å². The van der Waals surface area contributed by atoms with Crippen LogP contribution in [0, 0.1) is 10.1 Å². The van der Waals surface area contributed by atoms with Gasteiger partial charge in [-0.2, -0.15) is 0 Å². The fraction of sp³-hybridized carbons (Fsp3) is 0. The summed E-state index contributed by atoms with van der Waals surface area (Å²) in [6, 6.07) is 7.14. The number of hydrogen-bond donors (Lipinski definition) is 2. The fourth-order valence-electron chi connectivity index (χ4n) is 1.37. The lowest BCUT2D eigenvalue weighted by Crippen LogP contribution is -2.08. The van der Waals surface area contributed by atoms with E-state index in [1.165, 1.54) is 24.4 Å². The number of rotatable bonds is 4. The second kappa shape index (κ2) is 5.51. The molecule has 8 heteroatoms. The third kappa shape index (κ3) is 3.09. The first kappa shape index (κ1) is 13.1. The van der Waals surface area contributed by atoms with Crippen LogP contribution in [0.1, 0.15) is 0 Å². The van der Waals surface area contributed by atoms with Gasteiger partial charge in [-0.15, -0.1) is 0 Å². The van der Waals surface area contributed by atoms with Gasteiger partial charge in [0.2, 0.25) is 0 Å². The smallest absolute Gasteiger partial charge is 0.271 e. The number of nitrogen functional groups attached to an aromatic ring is 1. The molecule has 0 aliphatic carbocycles. The summed E-state index contributed by atoms with van der Waals surface area (Å²) in [5.41, 5.74) is 2.28. The first-order chi connectivity index (χ1) is 9.10. The Hall–Kier alpha value is -2.38. The average molecular weight is 281 g/mol. The lowest BCUT2D eigenvalue weighted by atomic mass is 10.3. The number of halogens is 1.